The Bertz CT molecular complexity index is 552. The van der Waals surface area contributed by atoms with E-state index in [9.17, 15) is 4.79 Å². The van der Waals surface area contributed by atoms with Crippen LogP contribution in [-0.4, -0.2) is 10.9 Å². The van der Waals surface area contributed by atoms with Gasteiger partial charge in [0, 0.05) is 18.5 Å². The summed E-state index contributed by atoms with van der Waals surface area (Å²) >= 11 is 5.82. The van der Waals surface area contributed by atoms with Gasteiger partial charge in [0.05, 0.1) is 11.9 Å². The zero-order valence-electron chi connectivity index (χ0n) is 10.5. The molecule has 1 aromatic heterocycles. The third kappa shape index (κ3) is 4.26. The number of hydrogen-bond acceptors (Lipinski definition) is 3. The fourth-order valence-electron chi connectivity index (χ4n) is 1.57. The number of carbonyl (C=O) groups is 1. The molecular formula is C14H14ClN3O. The fraction of sp³-hybridized carbons (Fsp3) is 0.143. The number of aromatic nitrogens is 1. The number of amides is 1. The lowest BCUT2D eigenvalue weighted by Gasteiger charge is -2.07. The van der Waals surface area contributed by atoms with E-state index in [4.69, 9.17) is 11.6 Å². The molecule has 0 saturated heterocycles. The van der Waals surface area contributed by atoms with Crippen LogP contribution in [0.5, 0.6) is 0 Å². The summed E-state index contributed by atoms with van der Waals surface area (Å²) in [4.78, 5) is 15.1. The summed E-state index contributed by atoms with van der Waals surface area (Å²) in [5, 5.41) is 6.59. The highest BCUT2D eigenvalue weighted by Crippen LogP contribution is 2.13. The highest BCUT2D eigenvalue weighted by atomic mass is 35.5. The van der Waals surface area contributed by atoms with Gasteiger partial charge < -0.3 is 10.6 Å². The van der Waals surface area contributed by atoms with Crippen LogP contribution in [0.25, 0.3) is 0 Å². The van der Waals surface area contributed by atoms with E-state index in [1.807, 2.05) is 30.3 Å². The van der Waals surface area contributed by atoms with Gasteiger partial charge in [0.15, 0.2) is 0 Å². The number of anilines is 2. The van der Waals surface area contributed by atoms with Crippen LogP contribution >= 0.6 is 11.6 Å². The summed E-state index contributed by atoms with van der Waals surface area (Å²) in [6, 6.07) is 11.2. The Morgan fingerprint density at radius 2 is 1.95 bits per heavy atom. The first-order chi connectivity index (χ1) is 9.13. The maximum absolute atomic E-state index is 10.9. The van der Waals surface area contributed by atoms with Crippen LogP contribution in [0, 0.1) is 0 Å². The minimum atomic E-state index is -0.108. The van der Waals surface area contributed by atoms with Gasteiger partial charge in [0.1, 0.15) is 5.82 Å². The van der Waals surface area contributed by atoms with Crippen molar-refractivity contribution in [1.29, 1.82) is 0 Å². The Balaban J connectivity index is 1.92. The predicted molar refractivity (Wildman–Crippen MR) is 77.3 cm³/mol. The number of carbonyl (C=O) groups excluding carboxylic acids is 1. The summed E-state index contributed by atoms with van der Waals surface area (Å²) in [6.45, 7) is 2.14. The average molecular weight is 276 g/mol. The van der Waals surface area contributed by atoms with Gasteiger partial charge in [-0.1, -0.05) is 23.7 Å². The molecule has 1 heterocycles. The quantitative estimate of drug-likeness (QED) is 0.900. The van der Waals surface area contributed by atoms with E-state index in [1.54, 1.807) is 12.3 Å². The van der Waals surface area contributed by atoms with Crippen molar-refractivity contribution in [2.24, 2.45) is 0 Å². The maximum atomic E-state index is 10.9. The first-order valence-corrected chi connectivity index (χ1v) is 6.23. The Kier molecular flexibility index (Phi) is 4.36. The molecule has 5 heteroatoms. The van der Waals surface area contributed by atoms with Crippen molar-refractivity contribution in [2.75, 3.05) is 10.6 Å². The second-order valence-corrected chi connectivity index (χ2v) is 4.53. The second-order valence-electron chi connectivity index (χ2n) is 4.09. The molecule has 0 fully saturated rings. The molecule has 0 aliphatic carbocycles. The molecule has 0 spiro atoms. The summed E-state index contributed by atoms with van der Waals surface area (Å²) in [6.07, 6.45) is 1.62. The Morgan fingerprint density at radius 3 is 2.53 bits per heavy atom. The summed E-state index contributed by atoms with van der Waals surface area (Å²) in [7, 11) is 0. The lowest BCUT2D eigenvalue weighted by atomic mass is 10.2. The van der Waals surface area contributed by atoms with Crippen LogP contribution in [0.4, 0.5) is 11.5 Å². The van der Waals surface area contributed by atoms with Crippen molar-refractivity contribution in [2.45, 2.75) is 13.5 Å². The number of halogens is 1. The lowest BCUT2D eigenvalue weighted by Crippen LogP contribution is -2.06. The monoisotopic (exact) mass is 275 g/mol. The van der Waals surface area contributed by atoms with Crippen molar-refractivity contribution in [1.82, 2.24) is 4.98 Å². The average Bonchev–Trinajstić information content (AvgIpc) is 2.39. The molecule has 1 aromatic carbocycles. The molecule has 0 aliphatic rings. The normalized spacial score (nSPS) is 10.0. The van der Waals surface area contributed by atoms with Crippen molar-refractivity contribution in [3.05, 3.63) is 53.2 Å². The van der Waals surface area contributed by atoms with Crippen molar-refractivity contribution in [3.63, 3.8) is 0 Å². The highest BCUT2D eigenvalue weighted by Gasteiger charge is 1.98. The van der Waals surface area contributed by atoms with Gasteiger partial charge in [-0.25, -0.2) is 4.98 Å². The van der Waals surface area contributed by atoms with Crippen LogP contribution < -0.4 is 10.6 Å². The van der Waals surface area contributed by atoms with Crippen LogP contribution in [0.15, 0.2) is 42.6 Å². The third-order valence-electron chi connectivity index (χ3n) is 2.47. The number of nitrogens with zero attached hydrogens (tertiary/aromatic N) is 1. The Hall–Kier alpha value is -2.07. The van der Waals surface area contributed by atoms with Gasteiger partial charge >= 0.3 is 0 Å². The highest BCUT2D eigenvalue weighted by molar-refractivity contribution is 6.30. The van der Waals surface area contributed by atoms with Crippen LogP contribution in [0.1, 0.15) is 12.5 Å². The summed E-state index contributed by atoms with van der Waals surface area (Å²) in [5.41, 5.74) is 1.81. The largest absolute Gasteiger partial charge is 0.366 e. The molecule has 0 bridgehead atoms. The molecule has 2 N–H and O–H groups in total. The number of hydrogen-bond donors (Lipinski definition) is 2. The first kappa shape index (κ1) is 13.4. The molecule has 0 atom stereocenters. The Labute approximate surface area is 116 Å². The smallest absolute Gasteiger partial charge is 0.221 e. The van der Waals surface area contributed by atoms with Gasteiger partial charge in [0.2, 0.25) is 5.91 Å². The van der Waals surface area contributed by atoms with Gasteiger partial charge in [-0.2, -0.15) is 0 Å². The minimum absolute atomic E-state index is 0.108. The molecule has 0 radical (unpaired) electrons. The third-order valence-corrected chi connectivity index (χ3v) is 2.72. The predicted octanol–water partition coefficient (Wildman–Crippen LogP) is 3.31. The molecule has 98 valence electrons. The fourth-order valence-corrected chi connectivity index (χ4v) is 1.70. The molecule has 2 rings (SSSR count). The number of benzene rings is 1. The van der Waals surface area contributed by atoms with Crippen molar-refractivity contribution < 1.29 is 4.79 Å². The van der Waals surface area contributed by atoms with Crippen LogP contribution in [0.3, 0.4) is 0 Å². The summed E-state index contributed by atoms with van der Waals surface area (Å²) in [5.74, 6) is 0.646. The van der Waals surface area contributed by atoms with Gasteiger partial charge in [-0.15, -0.1) is 0 Å². The van der Waals surface area contributed by atoms with E-state index in [-0.39, 0.29) is 5.91 Å². The van der Waals surface area contributed by atoms with Crippen LogP contribution in [0.2, 0.25) is 5.02 Å². The van der Waals surface area contributed by atoms with E-state index in [0.717, 1.165) is 16.4 Å². The van der Waals surface area contributed by atoms with E-state index in [2.05, 4.69) is 15.6 Å². The van der Waals surface area contributed by atoms with E-state index >= 15 is 0 Å². The van der Waals surface area contributed by atoms with Gasteiger partial charge in [-0.05, 0) is 29.8 Å². The molecule has 0 saturated carbocycles. The van der Waals surface area contributed by atoms with E-state index < -0.39 is 0 Å². The second kappa shape index (κ2) is 6.20. The molecule has 0 aliphatic heterocycles. The van der Waals surface area contributed by atoms with Crippen molar-refractivity contribution >= 4 is 29.0 Å². The topological polar surface area (TPSA) is 54.0 Å². The van der Waals surface area contributed by atoms with Gasteiger partial charge in [-0.3, -0.25) is 4.79 Å². The number of nitrogens with one attached hydrogen (secondary N) is 2. The molecule has 4 nitrogen and oxygen atoms in total. The van der Waals surface area contributed by atoms with Crippen LogP contribution in [-0.2, 0) is 11.3 Å². The molecule has 2 aromatic rings. The standard InChI is InChI=1S/C14H14ClN3O/c1-10(19)18-13-6-7-14(17-9-13)16-8-11-2-4-12(15)5-3-11/h2-7,9H,8H2,1H3,(H,16,17)(H,18,19). The zero-order chi connectivity index (χ0) is 13.7. The molecule has 19 heavy (non-hydrogen) atoms. The SMILES string of the molecule is CC(=O)Nc1ccc(NCc2ccc(Cl)cc2)nc1. The van der Waals surface area contributed by atoms with E-state index in [1.165, 1.54) is 6.92 Å². The molecular weight excluding hydrogens is 262 g/mol. The first-order valence-electron chi connectivity index (χ1n) is 5.85. The zero-order valence-corrected chi connectivity index (χ0v) is 11.2. The van der Waals surface area contributed by atoms with Crippen molar-refractivity contribution in [3.8, 4) is 0 Å². The number of rotatable bonds is 4. The molecule has 0 unspecified atom stereocenters. The lowest BCUT2D eigenvalue weighted by molar-refractivity contribution is -0.114. The number of pyridine rings is 1. The van der Waals surface area contributed by atoms with E-state index in [0.29, 0.717) is 12.2 Å². The maximum Gasteiger partial charge on any atom is 0.221 e. The summed E-state index contributed by atoms with van der Waals surface area (Å²) < 4.78 is 0. The Morgan fingerprint density at radius 1 is 1.21 bits per heavy atom. The molecule has 1 amide bonds. The minimum Gasteiger partial charge on any atom is -0.366 e. The van der Waals surface area contributed by atoms with Gasteiger partial charge in [0.25, 0.3) is 0 Å².